The summed E-state index contributed by atoms with van der Waals surface area (Å²) >= 11 is 0. The summed E-state index contributed by atoms with van der Waals surface area (Å²) in [6.07, 6.45) is 3.29. The van der Waals surface area contributed by atoms with Crippen molar-refractivity contribution in [1.29, 1.82) is 0 Å². The number of aliphatic hydroxyl groups is 4. The highest BCUT2D eigenvalue weighted by molar-refractivity contribution is 6.05. The minimum absolute atomic E-state index is 0.00342. The second kappa shape index (κ2) is 29.0. The molecule has 336 valence electrons. The monoisotopic (exact) mass is 845 g/mol. The Hall–Kier alpha value is -5.27. The van der Waals surface area contributed by atoms with Gasteiger partial charge in [-0.1, -0.05) is 38.7 Å². The second-order valence-corrected chi connectivity index (χ2v) is 13.7. The molecule has 24 nitrogen and oxygen atoms in total. The molecule has 0 aliphatic heterocycles. The van der Waals surface area contributed by atoms with Gasteiger partial charge in [-0.2, -0.15) is 0 Å². The van der Waals surface area contributed by atoms with Crippen LogP contribution in [0.1, 0.15) is 78.1 Å². The van der Waals surface area contributed by atoms with E-state index in [4.69, 9.17) is 28.7 Å². The molecule has 0 aliphatic rings. The summed E-state index contributed by atoms with van der Waals surface area (Å²) in [6.45, 7) is 0.713. The van der Waals surface area contributed by atoms with Crippen molar-refractivity contribution >= 4 is 53.3 Å². The SMILES string of the molecule is CCCCCCCC=CC(=O)NC(CCCNC(N)=O)C(=O)NC(CO)C(=O)NC(C(=O)N(C(=O)C(N)CCNC(=O)C(N)C(C)O)C(CO)CC(N)=O)C(O)C(N)=O. The summed E-state index contributed by atoms with van der Waals surface area (Å²) in [5.41, 5.74) is 27.1. The molecule has 0 aromatic rings. The molecule has 59 heavy (non-hydrogen) atoms. The van der Waals surface area contributed by atoms with Gasteiger partial charge in [0.25, 0.3) is 5.91 Å². The van der Waals surface area contributed by atoms with Crippen LogP contribution >= 0.6 is 0 Å². The average molecular weight is 846 g/mol. The molecule has 0 aliphatic carbocycles. The molecule has 0 saturated heterocycles. The summed E-state index contributed by atoms with van der Waals surface area (Å²) in [5.74, 6) is -9.67. The number of nitrogens with two attached hydrogens (primary N) is 5. The van der Waals surface area contributed by atoms with Crippen LogP contribution in [0.5, 0.6) is 0 Å². The Morgan fingerprint density at radius 3 is 1.88 bits per heavy atom. The van der Waals surface area contributed by atoms with Crippen molar-refractivity contribution in [3.8, 4) is 0 Å². The fourth-order valence-electron chi connectivity index (χ4n) is 5.30. The first-order valence-corrected chi connectivity index (χ1v) is 19.2. The van der Waals surface area contributed by atoms with Gasteiger partial charge in [0.05, 0.1) is 31.4 Å². The third-order valence-electron chi connectivity index (χ3n) is 8.71. The number of hydrogen-bond donors (Lipinski definition) is 14. The lowest BCUT2D eigenvalue weighted by atomic mass is 10.0. The van der Waals surface area contributed by atoms with Gasteiger partial charge in [0.15, 0.2) is 6.10 Å². The van der Waals surface area contributed by atoms with Crippen molar-refractivity contribution in [3.05, 3.63) is 12.2 Å². The molecule has 0 fully saturated rings. The Kier molecular flexibility index (Phi) is 26.4. The van der Waals surface area contributed by atoms with Crippen LogP contribution in [-0.2, 0) is 38.4 Å². The molecule has 10 amide bonds. The number of carbonyl (C=O) groups is 9. The molecule has 0 aromatic heterocycles. The van der Waals surface area contributed by atoms with Crippen LogP contribution in [0, 0.1) is 0 Å². The average Bonchev–Trinajstić information content (AvgIpc) is 3.17. The van der Waals surface area contributed by atoms with Gasteiger partial charge in [0.1, 0.15) is 24.2 Å². The number of imide groups is 1. The van der Waals surface area contributed by atoms with Gasteiger partial charge in [-0.3, -0.25) is 43.3 Å². The maximum absolute atomic E-state index is 14.0. The number of carbonyl (C=O) groups excluding carboxylic acids is 9. The van der Waals surface area contributed by atoms with Crippen molar-refractivity contribution in [2.45, 2.75) is 127 Å². The number of primary amides is 3. The molecule has 19 N–H and O–H groups in total. The van der Waals surface area contributed by atoms with Gasteiger partial charge in [-0.15, -0.1) is 0 Å². The molecule has 0 saturated carbocycles. The van der Waals surface area contributed by atoms with Gasteiger partial charge in [-0.25, -0.2) is 4.79 Å². The highest BCUT2D eigenvalue weighted by atomic mass is 16.3. The Labute approximate surface area is 341 Å². The summed E-state index contributed by atoms with van der Waals surface area (Å²) in [7, 11) is 0. The van der Waals surface area contributed by atoms with Gasteiger partial charge < -0.3 is 75.7 Å². The fraction of sp³-hybridized carbons (Fsp3) is 0.686. The molecule has 24 heteroatoms. The van der Waals surface area contributed by atoms with Crippen LogP contribution in [0.15, 0.2) is 12.2 Å². The van der Waals surface area contributed by atoms with Gasteiger partial charge in [0, 0.05) is 19.5 Å². The number of rotatable bonds is 30. The van der Waals surface area contributed by atoms with E-state index in [0.717, 1.165) is 32.1 Å². The van der Waals surface area contributed by atoms with E-state index < -0.39 is 128 Å². The predicted molar refractivity (Wildman–Crippen MR) is 209 cm³/mol. The first-order valence-electron chi connectivity index (χ1n) is 19.2. The molecule has 0 bridgehead atoms. The number of amides is 10. The van der Waals surface area contributed by atoms with Crippen molar-refractivity contribution in [1.82, 2.24) is 31.5 Å². The van der Waals surface area contributed by atoms with E-state index in [1.165, 1.54) is 13.0 Å². The van der Waals surface area contributed by atoms with Gasteiger partial charge >= 0.3 is 6.03 Å². The van der Waals surface area contributed by atoms with E-state index in [9.17, 15) is 63.6 Å². The molecule has 0 heterocycles. The zero-order valence-electron chi connectivity index (χ0n) is 33.5. The fourth-order valence-corrected chi connectivity index (χ4v) is 5.30. The van der Waals surface area contributed by atoms with Gasteiger partial charge in [0.2, 0.25) is 41.4 Å². The van der Waals surface area contributed by atoms with E-state index in [0.29, 0.717) is 6.42 Å². The third-order valence-corrected chi connectivity index (χ3v) is 8.71. The summed E-state index contributed by atoms with van der Waals surface area (Å²) < 4.78 is 0. The Balaban J connectivity index is 6.38. The highest BCUT2D eigenvalue weighted by Crippen LogP contribution is 2.13. The van der Waals surface area contributed by atoms with E-state index in [2.05, 4.69) is 28.2 Å². The first-order chi connectivity index (χ1) is 27.7. The molecular weight excluding hydrogens is 782 g/mol. The molecule has 8 unspecified atom stereocenters. The first kappa shape index (κ1) is 53.7. The second-order valence-electron chi connectivity index (χ2n) is 13.7. The van der Waals surface area contributed by atoms with Crippen molar-refractivity contribution in [2.75, 3.05) is 26.3 Å². The van der Waals surface area contributed by atoms with Crippen LogP contribution in [0.3, 0.4) is 0 Å². The summed E-state index contributed by atoms with van der Waals surface area (Å²) in [4.78, 5) is 115. The standard InChI is InChI=1S/C35H63N11O13/c1-3-4-5-6-7-8-9-12-25(51)43-22(11-10-14-42-35(40)59)30(54)44-23(18-48)31(55)45-27(28(52)29(39)53)34(58)46(20(17-47)16-24(37)50)33(57)21(36)13-15-41-32(56)26(38)19(2)49/h9,12,19-23,26-28,47-49,52H,3-8,10-11,13-18,36,38H2,1-2H3,(H2,37,50)(H2,39,53)(H,41,56)(H,43,51)(H,44,54)(H,45,55)(H3,40,42,59). The zero-order chi connectivity index (χ0) is 45.2. The lowest BCUT2D eigenvalue weighted by Gasteiger charge is -2.34. The van der Waals surface area contributed by atoms with E-state index in [-0.39, 0.29) is 30.8 Å². The Morgan fingerprint density at radius 1 is 0.712 bits per heavy atom. The highest BCUT2D eigenvalue weighted by Gasteiger charge is 2.43. The number of hydrogen-bond acceptors (Lipinski definition) is 15. The Bertz CT molecular complexity index is 1450. The molecule has 0 aromatic carbocycles. The molecule has 8 atom stereocenters. The number of aliphatic hydroxyl groups excluding tert-OH is 4. The molecule has 0 rings (SSSR count). The van der Waals surface area contributed by atoms with Crippen LogP contribution in [0.25, 0.3) is 0 Å². The normalized spacial score (nSPS) is 15.3. The number of nitrogens with zero attached hydrogens (tertiary/aromatic N) is 1. The van der Waals surface area contributed by atoms with Crippen LogP contribution in [-0.4, -0.2) is 153 Å². The van der Waals surface area contributed by atoms with E-state index in [1.807, 2.05) is 5.32 Å². The lowest BCUT2D eigenvalue weighted by Crippen LogP contribution is -2.65. The third kappa shape index (κ3) is 20.8. The maximum atomic E-state index is 14.0. The van der Waals surface area contributed by atoms with Crippen LogP contribution < -0.4 is 55.3 Å². The number of nitrogens with one attached hydrogen (secondary N) is 5. The summed E-state index contributed by atoms with van der Waals surface area (Å²) in [6, 6.07) is -11.4. The number of urea groups is 1. The van der Waals surface area contributed by atoms with E-state index in [1.54, 1.807) is 6.08 Å². The largest absolute Gasteiger partial charge is 0.394 e. The van der Waals surface area contributed by atoms with Gasteiger partial charge in [-0.05, 0) is 45.1 Å². The molecular formula is C35H63N11O13. The minimum Gasteiger partial charge on any atom is -0.394 e. The quantitative estimate of drug-likeness (QED) is 0.0236. The molecule has 0 radical (unpaired) electrons. The van der Waals surface area contributed by atoms with Crippen molar-refractivity contribution in [2.24, 2.45) is 28.7 Å². The summed E-state index contributed by atoms with van der Waals surface area (Å²) in [5, 5.41) is 51.6. The van der Waals surface area contributed by atoms with Crippen LogP contribution in [0.4, 0.5) is 4.79 Å². The Morgan fingerprint density at radius 2 is 1.34 bits per heavy atom. The smallest absolute Gasteiger partial charge is 0.312 e. The maximum Gasteiger partial charge on any atom is 0.312 e. The number of unbranched alkanes of at least 4 members (excludes halogenated alkanes) is 5. The zero-order valence-corrected chi connectivity index (χ0v) is 33.5. The minimum atomic E-state index is -2.61. The topological polar surface area (TPSA) is 428 Å². The molecule has 0 spiro atoms. The lowest BCUT2D eigenvalue weighted by molar-refractivity contribution is -0.156. The van der Waals surface area contributed by atoms with E-state index >= 15 is 0 Å². The number of allylic oxidation sites excluding steroid dienone is 1. The van der Waals surface area contributed by atoms with Crippen LogP contribution in [0.2, 0.25) is 0 Å². The van der Waals surface area contributed by atoms with Crippen molar-refractivity contribution < 1.29 is 63.6 Å². The van der Waals surface area contributed by atoms with Crippen molar-refractivity contribution in [3.63, 3.8) is 0 Å². The predicted octanol–water partition coefficient (Wildman–Crippen LogP) is -6.22.